The molecular weight excluding hydrogens is 537 g/mol. The first-order valence-electron chi connectivity index (χ1n) is 11.3. The second-order valence-corrected chi connectivity index (χ2v) is 12.8. The molecule has 3 rings (SSSR count). The van der Waals surface area contributed by atoms with Crippen LogP contribution in [0.2, 0.25) is 0 Å². The molecule has 0 aromatic heterocycles. The van der Waals surface area contributed by atoms with Gasteiger partial charge >= 0.3 is 11.6 Å². The van der Waals surface area contributed by atoms with Crippen LogP contribution in [0.25, 0.3) is 0 Å². The summed E-state index contributed by atoms with van der Waals surface area (Å²) in [7, 11) is -4.59. The zero-order chi connectivity index (χ0) is 27.2. The standard InChI is InChI=1S/C24H24F5N3O3S2/c25-18-5-1-16(2-6-18)13-37(34,35)14-21(23(33)31-20-9-11-36(15-30)12-10-20)32-22(24(27,28)29)17-3-7-19(26)8-4-17/h1-8,20-22,32H,9-14H2/p+1/t20?,21-,22-,36?/m0/s1. The third kappa shape index (κ3) is 8.69. The van der Waals surface area contributed by atoms with E-state index >= 15 is 0 Å². The fraction of sp³-hybridized carbons (Fsp3) is 0.417. The fourth-order valence-corrected chi connectivity index (χ4v) is 7.03. The number of amides is 1. The van der Waals surface area contributed by atoms with Gasteiger partial charge < -0.3 is 5.32 Å². The van der Waals surface area contributed by atoms with E-state index in [1.807, 2.05) is 0 Å². The van der Waals surface area contributed by atoms with Gasteiger partial charge in [-0.05, 0) is 35.4 Å². The summed E-state index contributed by atoms with van der Waals surface area (Å²) in [5, 5.41) is 16.0. The van der Waals surface area contributed by atoms with Crippen molar-refractivity contribution >= 4 is 26.6 Å². The van der Waals surface area contributed by atoms with Crippen molar-refractivity contribution in [1.82, 2.24) is 10.6 Å². The van der Waals surface area contributed by atoms with Gasteiger partial charge in [0.25, 0.3) is 0 Å². The normalized spacial score (nSPS) is 20.0. The van der Waals surface area contributed by atoms with Gasteiger partial charge in [-0.25, -0.2) is 17.2 Å². The van der Waals surface area contributed by atoms with E-state index in [4.69, 9.17) is 5.26 Å². The van der Waals surface area contributed by atoms with Crippen molar-refractivity contribution in [3.63, 3.8) is 0 Å². The van der Waals surface area contributed by atoms with Gasteiger partial charge in [0, 0.05) is 18.9 Å². The molecule has 1 aliphatic heterocycles. The van der Waals surface area contributed by atoms with Crippen molar-refractivity contribution in [3.8, 4) is 5.40 Å². The molecule has 0 radical (unpaired) electrons. The summed E-state index contributed by atoms with van der Waals surface area (Å²) in [4.78, 5) is 13.1. The second kappa shape index (κ2) is 12.2. The molecule has 37 heavy (non-hydrogen) atoms. The molecule has 1 aliphatic rings. The molecule has 0 unspecified atom stereocenters. The number of rotatable bonds is 9. The Labute approximate surface area is 214 Å². The summed E-state index contributed by atoms with van der Waals surface area (Å²) in [6.07, 6.45) is -4.04. The molecule has 200 valence electrons. The number of nitrogens with one attached hydrogen (secondary N) is 2. The Kier molecular flexibility index (Phi) is 9.55. The zero-order valence-electron chi connectivity index (χ0n) is 19.5. The molecule has 1 amide bonds. The Balaban J connectivity index is 1.84. The molecule has 1 heterocycles. The third-order valence-corrected chi connectivity index (χ3v) is 9.17. The summed E-state index contributed by atoms with van der Waals surface area (Å²) in [5.41, 5.74) is -0.180. The van der Waals surface area contributed by atoms with Crippen molar-refractivity contribution in [2.45, 2.75) is 42.9 Å². The lowest BCUT2D eigenvalue weighted by Gasteiger charge is -2.29. The summed E-state index contributed by atoms with van der Waals surface area (Å²) >= 11 is 0. The van der Waals surface area contributed by atoms with Crippen LogP contribution in [0.1, 0.15) is 30.0 Å². The number of carbonyl (C=O) groups excluding carboxylic acids is 1. The van der Waals surface area contributed by atoms with Gasteiger partial charge in [0.05, 0.1) is 11.5 Å². The Bertz CT molecular complexity index is 1210. The number of nitrogens with zero attached hydrogens (tertiary/aromatic N) is 1. The van der Waals surface area contributed by atoms with Gasteiger partial charge in [-0.1, -0.05) is 24.3 Å². The molecule has 0 aliphatic carbocycles. The highest BCUT2D eigenvalue weighted by Crippen LogP contribution is 2.33. The van der Waals surface area contributed by atoms with Gasteiger partial charge in [-0.15, -0.1) is 5.26 Å². The summed E-state index contributed by atoms with van der Waals surface area (Å²) in [5.74, 6) is -2.78. The van der Waals surface area contributed by atoms with Crippen molar-refractivity contribution in [2.24, 2.45) is 0 Å². The van der Waals surface area contributed by atoms with Gasteiger partial charge in [-0.3, -0.25) is 10.1 Å². The van der Waals surface area contributed by atoms with Gasteiger partial charge in [-0.2, -0.15) is 13.2 Å². The van der Waals surface area contributed by atoms with E-state index in [-0.39, 0.29) is 5.56 Å². The predicted molar refractivity (Wildman–Crippen MR) is 130 cm³/mol. The number of hydrogen-bond donors (Lipinski definition) is 2. The lowest BCUT2D eigenvalue weighted by molar-refractivity contribution is -0.160. The van der Waals surface area contributed by atoms with Gasteiger partial charge in [0.2, 0.25) is 5.91 Å². The Hall–Kier alpha value is -2.69. The first kappa shape index (κ1) is 28.9. The highest BCUT2D eigenvalue weighted by atomic mass is 32.2. The lowest BCUT2D eigenvalue weighted by atomic mass is 10.0. The lowest BCUT2D eigenvalue weighted by Crippen LogP contribution is -2.54. The summed E-state index contributed by atoms with van der Waals surface area (Å²) in [6.45, 7) is 0. The van der Waals surface area contributed by atoms with E-state index in [0.29, 0.717) is 24.3 Å². The van der Waals surface area contributed by atoms with E-state index in [1.165, 1.54) is 12.1 Å². The van der Waals surface area contributed by atoms with Gasteiger partial charge in [0.15, 0.2) is 9.84 Å². The van der Waals surface area contributed by atoms with Gasteiger partial charge in [0.1, 0.15) is 46.1 Å². The maximum atomic E-state index is 14.0. The number of carbonyl (C=O) groups is 1. The van der Waals surface area contributed by atoms with Crippen LogP contribution in [0, 0.1) is 22.3 Å². The van der Waals surface area contributed by atoms with Crippen LogP contribution in [-0.2, 0) is 31.3 Å². The van der Waals surface area contributed by atoms with Crippen LogP contribution >= 0.6 is 0 Å². The highest BCUT2D eigenvalue weighted by Gasteiger charge is 2.44. The molecule has 2 aromatic carbocycles. The quantitative estimate of drug-likeness (QED) is 0.277. The molecule has 0 saturated carbocycles. The number of thiocyanates is 1. The predicted octanol–water partition coefficient (Wildman–Crippen LogP) is 3.52. The van der Waals surface area contributed by atoms with Crippen LogP contribution in [-0.4, -0.2) is 49.8 Å². The monoisotopic (exact) mass is 562 g/mol. The minimum atomic E-state index is -4.93. The topological polar surface area (TPSA) is 99.1 Å². The molecule has 1 fully saturated rings. The molecule has 2 aromatic rings. The van der Waals surface area contributed by atoms with E-state index in [0.717, 1.165) is 36.4 Å². The number of sulfone groups is 1. The molecule has 13 heteroatoms. The first-order chi connectivity index (χ1) is 17.4. The molecule has 1 saturated heterocycles. The maximum absolute atomic E-state index is 14.0. The van der Waals surface area contributed by atoms with Crippen LogP contribution < -0.4 is 10.6 Å². The number of halogens is 5. The van der Waals surface area contributed by atoms with Crippen LogP contribution in [0.3, 0.4) is 0 Å². The number of benzene rings is 2. The average Bonchev–Trinajstić information content (AvgIpc) is 2.83. The Morgan fingerprint density at radius 2 is 1.57 bits per heavy atom. The fourth-order valence-electron chi connectivity index (χ4n) is 3.94. The number of nitriles is 1. The van der Waals surface area contributed by atoms with Crippen molar-refractivity contribution in [3.05, 3.63) is 71.3 Å². The van der Waals surface area contributed by atoms with Crippen molar-refractivity contribution in [2.75, 3.05) is 17.3 Å². The molecule has 2 N–H and O–H groups in total. The molecule has 0 spiro atoms. The largest absolute Gasteiger partial charge is 0.407 e. The molecule has 0 bridgehead atoms. The molecular formula is C24H25F5N3O3S2+. The molecule has 2 atom stereocenters. The van der Waals surface area contributed by atoms with E-state index in [1.54, 1.807) is 0 Å². The maximum Gasteiger partial charge on any atom is 0.407 e. The smallest absolute Gasteiger partial charge is 0.352 e. The zero-order valence-corrected chi connectivity index (χ0v) is 21.1. The average molecular weight is 563 g/mol. The van der Waals surface area contributed by atoms with E-state index in [2.05, 4.69) is 16.0 Å². The number of alkyl halides is 3. The van der Waals surface area contributed by atoms with Crippen LogP contribution in [0.4, 0.5) is 22.0 Å². The summed E-state index contributed by atoms with van der Waals surface area (Å²) in [6, 6.07) is 3.43. The van der Waals surface area contributed by atoms with Crippen LogP contribution in [0.15, 0.2) is 48.5 Å². The number of hydrogen-bond acceptors (Lipinski definition) is 5. The third-order valence-electron chi connectivity index (χ3n) is 5.84. The SMILES string of the molecule is N#C[S+]1CCC(NC(=O)[C@H](CS(=O)(=O)Cc2ccc(F)cc2)N[C@@H](c2ccc(F)cc2)C(F)(F)F)CC1. The minimum Gasteiger partial charge on any atom is -0.352 e. The van der Waals surface area contributed by atoms with E-state index in [9.17, 15) is 35.2 Å². The van der Waals surface area contributed by atoms with Crippen LogP contribution in [0.5, 0.6) is 0 Å². The van der Waals surface area contributed by atoms with Crippen molar-refractivity contribution < 1.29 is 35.2 Å². The first-order valence-corrected chi connectivity index (χ1v) is 14.7. The molecule has 6 nitrogen and oxygen atoms in total. The van der Waals surface area contributed by atoms with E-state index < -0.39 is 79.6 Å². The summed E-state index contributed by atoms with van der Waals surface area (Å²) < 4.78 is 94.3. The second-order valence-electron chi connectivity index (χ2n) is 8.70. The Morgan fingerprint density at radius 1 is 1.03 bits per heavy atom. The van der Waals surface area contributed by atoms with Crippen molar-refractivity contribution in [1.29, 1.82) is 5.26 Å². The minimum absolute atomic E-state index is 0.210. The highest BCUT2D eigenvalue weighted by molar-refractivity contribution is 8.01. The Morgan fingerprint density at radius 3 is 2.08 bits per heavy atom.